The minimum Gasteiger partial charge on any atom is -0.465 e. The topological polar surface area (TPSA) is 41.6 Å². The van der Waals surface area contributed by atoms with E-state index >= 15 is 0 Å². The highest BCUT2D eigenvalue weighted by molar-refractivity contribution is 6.31. The molecule has 1 N–H and O–H groups in total. The SMILES string of the molecule is COC(=O)c1cc(Cl)ccc1NC1CC(C)N(C2CC2)C1. The molecule has 2 unspecified atom stereocenters. The summed E-state index contributed by atoms with van der Waals surface area (Å²) in [5, 5.41) is 4.04. The molecule has 0 radical (unpaired) electrons. The van der Waals surface area contributed by atoms with Gasteiger partial charge in [-0.1, -0.05) is 11.6 Å². The fourth-order valence-electron chi connectivity index (χ4n) is 3.22. The molecule has 0 aromatic heterocycles. The molecule has 1 saturated heterocycles. The molecule has 4 nitrogen and oxygen atoms in total. The Labute approximate surface area is 130 Å². The van der Waals surface area contributed by atoms with Gasteiger partial charge in [0.15, 0.2) is 0 Å². The monoisotopic (exact) mass is 308 g/mol. The Morgan fingerprint density at radius 1 is 1.43 bits per heavy atom. The third-order valence-corrected chi connectivity index (χ3v) is 4.62. The Kier molecular flexibility index (Phi) is 4.09. The third kappa shape index (κ3) is 3.16. The average molecular weight is 309 g/mol. The summed E-state index contributed by atoms with van der Waals surface area (Å²) in [6.45, 7) is 3.32. The molecule has 1 aliphatic heterocycles. The number of hydrogen-bond donors (Lipinski definition) is 1. The summed E-state index contributed by atoms with van der Waals surface area (Å²) in [6, 6.07) is 7.06. The van der Waals surface area contributed by atoms with Crippen LogP contribution in [0.3, 0.4) is 0 Å². The number of nitrogens with one attached hydrogen (secondary N) is 1. The van der Waals surface area contributed by atoms with Crippen LogP contribution in [-0.2, 0) is 4.74 Å². The van der Waals surface area contributed by atoms with E-state index in [0.717, 1.165) is 24.7 Å². The lowest BCUT2D eigenvalue weighted by Crippen LogP contribution is -2.31. The molecule has 1 heterocycles. The van der Waals surface area contributed by atoms with E-state index in [1.54, 1.807) is 12.1 Å². The number of rotatable bonds is 4. The summed E-state index contributed by atoms with van der Waals surface area (Å²) in [5.41, 5.74) is 1.31. The van der Waals surface area contributed by atoms with Crippen molar-refractivity contribution < 1.29 is 9.53 Å². The maximum Gasteiger partial charge on any atom is 0.340 e. The van der Waals surface area contributed by atoms with E-state index in [1.807, 2.05) is 6.07 Å². The highest BCUT2D eigenvalue weighted by Crippen LogP contribution is 2.34. The first kappa shape index (κ1) is 14.7. The van der Waals surface area contributed by atoms with E-state index in [9.17, 15) is 4.79 Å². The van der Waals surface area contributed by atoms with Gasteiger partial charge in [-0.25, -0.2) is 4.79 Å². The van der Waals surface area contributed by atoms with Crippen molar-refractivity contribution >= 4 is 23.3 Å². The standard InChI is InChI=1S/C16H21ClN2O2/c1-10-7-12(9-19(10)13-4-5-13)18-15-6-3-11(17)8-14(15)16(20)21-2/h3,6,8,10,12-13,18H,4-5,7,9H2,1-2H3. The van der Waals surface area contributed by atoms with Crippen LogP contribution in [0.1, 0.15) is 36.5 Å². The van der Waals surface area contributed by atoms with Crippen molar-refractivity contribution in [3.8, 4) is 0 Å². The van der Waals surface area contributed by atoms with Crippen LogP contribution in [-0.4, -0.2) is 42.6 Å². The fourth-order valence-corrected chi connectivity index (χ4v) is 3.39. The lowest BCUT2D eigenvalue weighted by atomic mass is 10.1. The van der Waals surface area contributed by atoms with E-state index < -0.39 is 0 Å². The second-order valence-corrected chi connectivity index (χ2v) is 6.47. The number of ether oxygens (including phenoxy) is 1. The zero-order valence-electron chi connectivity index (χ0n) is 12.4. The number of esters is 1. The van der Waals surface area contributed by atoms with Gasteiger partial charge in [0.1, 0.15) is 0 Å². The maximum atomic E-state index is 11.9. The van der Waals surface area contributed by atoms with Crippen LogP contribution in [0, 0.1) is 0 Å². The lowest BCUT2D eigenvalue weighted by molar-refractivity contribution is 0.0602. The molecule has 0 bridgehead atoms. The Bertz CT molecular complexity index is 545. The van der Waals surface area contributed by atoms with E-state index in [-0.39, 0.29) is 5.97 Å². The van der Waals surface area contributed by atoms with Crippen molar-refractivity contribution in [2.75, 3.05) is 19.0 Å². The molecule has 5 heteroatoms. The van der Waals surface area contributed by atoms with E-state index in [1.165, 1.54) is 20.0 Å². The van der Waals surface area contributed by atoms with Gasteiger partial charge in [-0.2, -0.15) is 0 Å². The van der Waals surface area contributed by atoms with Gasteiger partial charge in [-0.3, -0.25) is 4.90 Å². The van der Waals surface area contributed by atoms with E-state index in [4.69, 9.17) is 16.3 Å². The lowest BCUT2D eigenvalue weighted by Gasteiger charge is -2.20. The summed E-state index contributed by atoms with van der Waals surface area (Å²) in [4.78, 5) is 14.5. The van der Waals surface area contributed by atoms with Gasteiger partial charge in [0.25, 0.3) is 0 Å². The Morgan fingerprint density at radius 3 is 2.86 bits per heavy atom. The van der Waals surface area contributed by atoms with Gasteiger partial charge in [0, 0.05) is 35.4 Å². The third-order valence-electron chi connectivity index (χ3n) is 4.39. The number of nitrogens with zero attached hydrogens (tertiary/aromatic N) is 1. The minimum atomic E-state index is -0.356. The zero-order chi connectivity index (χ0) is 15.0. The number of carbonyl (C=O) groups is 1. The molecule has 2 aliphatic rings. The molecule has 1 aliphatic carbocycles. The molecule has 114 valence electrons. The number of hydrogen-bond acceptors (Lipinski definition) is 4. The van der Waals surface area contributed by atoms with Crippen LogP contribution in [0.25, 0.3) is 0 Å². The minimum absolute atomic E-state index is 0.356. The zero-order valence-corrected chi connectivity index (χ0v) is 13.2. The molecule has 1 aromatic carbocycles. The molecule has 0 amide bonds. The number of benzene rings is 1. The Balaban J connectivity index is 1.74. The first-order valence-electron chi connectivity index (χ1n) is 7.48. The highest BCUT2D eigenvalue weighted by Gasteiger charge is 2.38. The van der Waals surface area contributed by atoms with Crippen LogP contribution < -0.4 is 5.32 Å². The number of carbonyl (C=O) groups excluding carboxylic acids is 1. The van der Waals surface area contributed by atoms with Gasteiger partial charge < -0.3 is 10.1 Å². The van der Waals surface area contributed by atoms with Crippen LogP contribution >= 0.6 is 11.6 Å². The molecular weight excluding hydrogens is 288 g/mol. The quantitative estimate of drug-likeness (QED) is 0.868. The van der Waals surface area contributed by atoms with Gasteiger partial charge in [-0.05, 0) is 44.4 Å². The maximum absolute atomic E-state index is 11.9. The number of halogens is 1. The predicted molar refractivity (Wildman–Crippen MR) is 84.0 cm³/mol. The first-order chi connectivity index (χ1) is 10.1. The number of methoxy groups -OCH3 is 1. The van der Waals surface area contributed by atoms with Gasteiger partial charge in [0.05, 0.1) is 12.7 Å². The average Bonchev–Trinajstić information content (AvgIpc) is 3.24. The summed E-state index contributed by atoms with van der Waals surface area (Å²) in [6.07, 6.45) is 3.75. The van der Waals surface area contributed by atoms with Crippen molar-refractivity contribution in [2.45, 2.75) is 44.3 Å². The van der Waals surface area contributed by atoms with Crippen LogP contribution in [0.2, 0.25) is 5.02 Å². The molecule has 3 rings (SSSR count). The summed E-state index contributed by atoms with van der Waals surface area (Å²) >= 11 is 5.99. The Hall–Kier alpha value is -1.26. The van der Waals surface area contributed by atoms with Crippen molar-refractivity contribution in [3.63, 3.8) is 0 Å². The summed E-state index contributed by atoms with van der Waals surface area (Å²) in [7, 11) is 1.39. The van der Waals surface area contributed by atoms with Crippen LogP contribution in [0.4, 0.5) is 5.69 Å². The van der Waals surface area contributed by atoms with E-state index in [2.05, 4.69) is 17.1 Å². The van der Waals surface area contributed by atoms with Crippen molar-refractivity contribution in [3.05, 3.63) is 28.8 Å². The van der Waals surface area contributed by atoms with Gasteiger partial charge >= 0.3 is 5.97 Å². The molecule has 2 atom stereocenters. The second-order valence-electron chi connectivity index (χ2n) is 6.04. The molecule has 1 saturated carbocycles. The number of anilines is 1. The summed E-state index contributed by atoms with van der Waals surface area (Å²) in [5.74, 6) is -0.356. The van der Waals surface area contributed by atoms with E-state index in [0.29, 0.717) is 22.7 Å². The predicted octanol–water partition coefficient (Wildman–Crippen LogP) is 3.16. The molecule has 1 aromatic rings. The molecule has 0 spiro atoms. The smallest absolute Gasteiger partial charge is 0.340 e. The first-order valence-corrected chi connectivity index (χ1v) is 7.86. The molecule has 21 heavy (non-hydrogen) atoms. The van der Waals surface area contributed by atoms with Gasteiger partial charge in [-0.15, -0.1) is 0 Å². The van der Waals surface area contributed by atoms with Crippen molar-refractivity contribution in [2.24, 2.45) is 0 Å². The van der Waals surface area contributed by atoms with Crippen LogP contribution in [0.5, 0.6) is 0 Å². The molecular formula is C16H21ClN2O2. The fraction of sp³-hybridized carbons (Fsp3) is 0.562. The normalized spacial score (nSPS) is 25.9. The van der Waals surface area contributed by atoms with Crippen molar-refractivity contribution in [1.29, 1.82) is 0 Å². The Morgan fingerprint density at radius 2 is 2.19 bits per heavy atom. The number of likely N-dealkylation sites (tertiary alicyclic amines) is 1. The van der Waals surface area contributed by atoms with Crippen molar-refractivity contribution in [1.82, 2.24) is 4.90 Å². The second kappa shape index (κ2) is 5.85. The van der Waals surface area contributed by atoms with Crippen LogP contribution in [0.15, 0.2) is 18.2 Å². The highest BCUT2D eigenvalue weighted by atomic mass is 35.5. The summed E-state index contributed by atoms with van der Waals surface area (Å²) < 4.78 is 4.84. The molecule has 2 fully saturated rings. The van der Waals surface area contributed by atoms with Gasteiger partial charge in [0.2, 0.25) is 0 Å². The largest absolute Gasteiger partial charge is 0.465 e.